The van der Waals surface area contributed by atoms with Crippen LogP contribution in [0.4, 0.5) is 0 Å². The van der Waals surface area contributed by atoms with Gasteiger partial charge < -0.3 is 19.7 Å². The zero-order valence-corrected chi connectivity index (χ0v) is 14.1. The second-order valence-corrected chi connectivity index (χ2v) is 5.15. The Bertz CT molecular complexity index is 406. The van der Waals surface area contributed by atoms with Gasteiger partial charge in [0.2, 0.25) is 0 Å². The molecule has 0 bridgehead atoms. The molecule has 0 fully saturated rings. The van der Waals surface area contributed by atoms with Crippen LogP contribution in [0.1, 0.15) is 33.3 Å². The molecule has 0 saturated heterocycles. The number of nitrogens with zero attached hydrogens (tertiary/aromatic N) is 1. The number of methoxy groups -OCH3 is 1. The smallest absolute Gasteiger partial charge is 0.165 e. The number of ether oxygens (including phenoxy) is 2. The van der Waals surface area contributed by atoms with Gasteiger partial charge in [0.05, 0.1) is 13.7 Å². The van der Waals surface area contributed by atoms with Crippen molar-refractivity contribution in [2.45, 2.75) is 40.3 Å². The van der Waals surface area contributed by atoms with Gasteiger partial charge in [-0.3, -0.25) is 0 Å². The van der Waals surface area contributed by atoms with Crippen molar-refractivity contribution in [2.75, 3.05) is 33.4 Å². The van der Waals surface area contributed by atoms with Gasteiger partial charge in [0.15, 0.2) is 11.5 Å². The minimum Gasteiger partial charge on any atom is -0.493 e. The molecule has 0 spiro atoms. The van der Waals surface area contributed by atoms with E-state index < -0.39 is 0 Å². The fourth-order valence-corrected chi connectivity index (χ4v) is 2.42. The normalized spacial score (nSPS) is 12.5. The minimum atomic E-state index is 0.436. The molecule has 1 aromatic carbocycles. The summed E-state index contributed by atoms with van der Waals surface area (Å²) in [6.45, 7) is 13.3. The summed E-state index contributed by atoms with van der Waals surface area (Å²) in [7, 11) is 1.70. The van der Waals surface area contributed by atoms with Gasteiger partial charge in [0.1, 0.15) is 0 Å². The summed E-state index contributed by atoms with van der Waals surface area (Å²) < 4.78 is 11.1. The van der Waals surface area contributed by atoms with Crippen molar-refractivity contribution in [1.82, 2.24) is 10.2 Å². The highest BCUT2D eigenvalue weighted by Gasteiger charge is 2.12. The van der Waals surface area contributed by atoms with Crippen LogP contribution in [0.15, 0.2) is 18.2 Å². The average molecular weight is 294 g/mol. The van der Waals surface area contributed by atoms with Gasteiger partial charge >= 0.3 is 0 Å². The highest BCUT2D eigenvalue weighted by molar-refractivity contribution is 5.46. The van der Waals surface area contributed by atoms with Crippen molar-refractivity contribution >= 4 is 0 Å². The molecule has 1 N–H and O–H groups in total. The molecule has 1 rings (SSSR count). The summed E-state index contributed by atoms with van der Waals surface area (Å²) >= 11 is 0. The molecular formula is C17H30N2O2. The Kier molecular flexibility index (Phi) is 8.16. The Hall–Kier alpha value is -1.26. The van der Waals surface area contributed by atoms with Gasteiger partial charge in [0, 0.05) is 24.7 Å². The Morgan fingerprint density at radius 1 is 1.19 bits per heavy atom. The van der Waals surface area contributed by atoms with Gasteiger partial charge in [-0.05, 0) is 33.0 Å². The van der Waals surface area contributed by atoms with E-state index in [1.807, 2.05) is 19.1 Å². The quantitative estimate of drug-likeness (QED) is 0.719. The molecule has 4 heteroatoms. The van der Waals surface area contributed by atoms with Crippen molar-refractivity contribution in [1.29, 1.82) is 0 Å². The first-order valence-corrected chi connectivity index (χ1v) is 7.90. The maximum absolute atomic E-state index is 5.61. The molecule has 0 aliphatic carbocycles. The van der Waals surface area contributed by atoms with Gasteiger partial charge in [-0.2, -0.15) is 0 Å². The number of likely N-dealkylation sites (N-methyl/N-ethyl adjacent to an activating group) is 1. The van der Waals surface area contributed by atoms with Crippen LogP contribution < -0.4 is 14.8 Å². The van der Waals surface area contributed by atoms with Gasteiger partial charge in [-0.15, -0.1) is 0 Å². The van der Waals surface area contributed by atoms with Gasteiger partial charge in [-0.1, -0.05) is 26.0 Å². The maximum atomic E-state index is 5.61. The molecule has 0 radical (unpaired) electrons. The SMILES string of the molecule is CCOc1cccc(CNC(C)CN(CC)CC)c1OC. The lowest BCUT2D eigenvalue weighted by molar-refractivity contribution is 0.269. The predicted molar refractivity (Wildman–Crippen MR) is 88.3 cm³/mol. The fraction of sp³-hybridized carbons (Fsp3) is 0.647. The van der Waals surface area contributed by atoms with E-state index in [1.54, 1.807) is 7.11 Å². The summed E-state index contributed by atoms with van der Waals surface area (Å²) in [5, 5.41) is 3.56. The molecule has 1 unspecified atom stereocenters. The van der Waals surface area contributed by atoms with Crippen molar-refractivity contribution in [2.24, 2.45) is 0 Å². The van der Waals surface area contributed by atoms with E-state index >= 15 is 0 Å². The largest absolute Gasteiger partial charge is 0.493 e. The van der Waals surface area contributed by atoms with Crippen molar-refractivity contribution in [3.05, 3.63) is 23.8 Å². The topological polar surface area (TPSA) is 33.7 Å². The van der Waals surface area contributed by atoms with E-state index in [1.165, 1.54) is 0 Å². The lowest BCUT2D eigenvalue weighted by atomic mass is 10.1. The maximum Gasteiger partial charge on any atom is 0.165 e. The van der Waals surface area contributed by atoms with E-state index in [2.05, 4.69) is 37.1 Å². The monoisotopic (exact) mass is 294 g/mol. The molecule has 0 heterocycles. The van der Waals surface area contributed by atoms with Crippen molar-refractivity contribution < 1.29 is 9.47 Å². The number of nitrogens with one attached hydrogen (secondary N) is 1. The number of benzene rings is 1. The van der Waals surface area contributed by atoms with Crippen LogP contribution in [0.3, 0.4) is 0 Å². The number of hydrogen-bond donors (Lipinski definition) is 1. The van der Waals surface area contributed by atoms with Crippen LogP contribution in [0.5, 0.6) is 11.5 Å². The average Bonchev–Trinajstić information content (AvgIpc) is 2.51. The molecular weight excluding hydrogens is 264 g/mol. The molecule has 0 aliphatic heterocycles. The van der Waals surface area contributed by atoms with Crippen molar-refractivity contribution in [3.8, 4) is 11.5 Å². The van der Waals surface area contributed by atoms with E-state index in [-0.39, 0.29) is 0 Å². The summed E-state index contributed by atoms with van der Waals surface area (Å²) in [6.07, 6.45) is 0. The Morgan fingerprint density at radius 3 is 2.48 bits per heavy atom. The van der Waals surface area contributed by atoms with E-state index in [0.717, 1.165) is 43.2 Å². The first-order chi connectivity index (χ1) is 10.2. The van der Waals surface area contributed by atoms with E-state index in [0.29, 0.717) is 12.6 Å². The molecule has 1 aromatic rings. The Labute approximate surface area is 129 Å². The highest BCUT2D eigenvalue weighted by Crippen LogP contribution is 2.30. The molecule has 120 valence electrons. The summed E-state index contributed by atoms with van der Waals surface area (Å²) in [6, 6.07) is 6.48. The van der Waals surface area contributed by atoms with Crippen LogP contribution in [-0.4, -0.2) is 44.3 Å². The third-order valence-electron chi connectivity index (χ3n) is 3.63. The lowest BCUT2D eigenvalue weighted by Gasteiger charge is -2.24. The standard InChI is InChI=1S/C17H30N2O2/c1-6-19(7-2)13-14(4)18-12-15-10-9-11-16(21-8-3)17(15)20-5/h9-11,14,18H,6-8,12-13H2,1-5H3. The lowest BCUT2D eigenvalue weighted by Crippen LogP contribution is -2.38. The molecule has 0 saturated carbocycles. The predicted octanol–water partition coefficient (Wildman–Crippen LogP) is 2.91. The van der Waals surface area contributed by atoms with Crippen molar-refractivity contribution in [3.63, 3.8) is 0 Å². The summed E-state index contributed by atoms with van der Waals surface area (Å²) in [5.74, 6) is 1.65. The molecule has 0 aliphatic rings. The molecule has 0 aromatic heterocycles. The molecule has 21 heavy (non-hydrogen) atoms. The molecule has 1 atom stereocenters. The summed E-state index contributed by atoms with van der Waals surface area (Å²) in [4.78, 5) is 2.42. The van der Waals surface area contributed by atoms with E-state index in [4.69, 9.17) is 9.47 Å². The van der Waals surface area contributed by atoms with Crippen LogP contribution in [-0.2, 0) is 6.54 Å². The third kappa shape index (κ3) is 5.56. The van der Waals surface area contributed by atoms with Gasteiger partial charge in [-0.25, -0.2) is 0 Å². The minimum absolute atomic E-state index is 0.436. The Morgan fingerprint density at radius 2 is 1.90 bits per heavy atom. The summed E-state index contributed by atoms with van der Waals surface area (Å²) in [5.41, 5.74) is 1.13. The zero-order valence-electron chi connectivity index (χ0n) is 14.1. The van der Waals surface area contributed by atoms with Crippen LogP contribution in [0.2, 0.25) is 0 Å². The van der Waals surface area contributed by atoms with Gasteiger partial charge in [0.25, 0.3) is 0 Å². The van der Waals surface area contributed by atoms with Crippen LogP contribution >= 0.6 is 0 Å². The van der Waals surface area contributed by atoms with Crippen LogP contribution in [0, 0.1) is 0 Å². The third-order valence-corrected chi connectivity index (χ3v) is 3.63. The Balaban J connectivity index is 2.64. The zero-order chi connectivity index (χ0) is 15.7. The first kappa shape index (κ1) is 17.8. The second kappa shape index (κ2) is 9.64. The molecule has 0 amide bonds. The number of para-hydroxylation sites is 1. The number of hydrogen-bond acceptors (Lipinski definition) is 4. The fourth-order valence-electron chi connectivity index (χ4n) is 2.42. The second-order valence-electron chi connectivity index (χ2n) is 5.15. The highest BCUT2D eigenvalue weighted by atomic mass is 16.5. The number of rotatable bonds is 10. The van der Waals surface area contributed by atoms with Crippen LogP contribution in [0.25, 0.3) is 0 Å². The first-order valence-electron chi connectivity index (χ1n) is 7.90. The van der Waals surface area contributed by atoms with E-state index in [9.17, 15) is 0 Å². The molecule has 4 nitrogen and oxygen atoms in total.